The number of carbonyl (C=O) groups is 2. The fourth-order valence-electron chi connectivity index (χ4n) is 2.87. The van der Waals surface area contributed by atoms with E-state index >= 15 is 0 Å². The largest absolute Gasteiger partial charge is 0.484 e. The molecule has 2 aliphatic heterocycles. The topological polar surface area (TPSA) is 46.6 Å². The molecule has 1 saturated heterocycles. The normalized spacial score (nSPS) is 24.9. The number of likely N-dealkylation sites (tertiary alicyclic amines) is 1. The SMILES string of the molecule is O=C1CC2(CCN(C(=O)C(F)(F)F)C2)Oc2ccccc21. The number of ether oxygens (including phenoxy) is 1. The van der Waals surface area contributed by atoms with E-state index in [0.29, 0.717) is 16.2 Å². The summed E-state index contributed by atoms with van der Waals surface area (Å²) in [5, 5.41) is 0. The fraction of sp³-hybridized carbons (Fsp3) is 0.429. The molecular weight excluding hydrogens is 287 g/mol. The number of fused-ring (bicyclic) bond motifs is 1. The lowest BCUT2D eigenvalue weighted by atomic mass is 9.89. The summed E-state index contributed by atoms with van der Waals surface area (Å²) in [6, 6.07) is 6.63. The molecule has 7 heteroatoms. The molecule has 3 rings (SSSR count). The maximum absolute atomic E-state index is 12.5. The van der Waals surface area contributed by atoms with Crippen molar-refractivity contribution in [2.75, 3.05) is 13.1 Å². The fourth-order valence-corrected chi connectivity index (χ4v) is 2.87. The molecule has 2 aliphatic rings. The first kappa shape index (κ1) is 13.9. The molecule has 1 atom stereocenters. The van der Waals surface area contributed by atoms with Crippen molar-refractivity contribution in [2.45, 2.75) is 24.6 Å². The van der Waals surface area contributed by atoms with E-state index in [2.05, 4.69) is 0 Å². The maximum Gasteiger partial charge on any atom is 0.471 e. The Balaban J connectivity index is 1.83. The third-order valence-electron chi connectivity index (χ3n) is 3.84. The van der Waals surface area contributed by atoms with Gasteiger partial charge in [-0.05, 0) is 12.1 Å². The van der Waals surface area contributed by atoms with Gasteiger partial charge in [0.1, 0.15) is 11.4 Å². The third-order valence-corrected chi connectivity index (χ3v) is 3.84. The maximum atomic E-state index is 12.5. The highest BCUT2D eigenvalue weighted by Crippen LogP contribution is 2.39. The number of Topliss-reactive ketones (excluding diaryl/α,β-unsaturated/α-hetero) is 1. The van der Waals surface area contributed by atoms with Crippen LogP contribution in [0.3, 0.4) is 0 Å². The molecule has 2 heterocycles. The molecule has 0 bridgehead atoms. The Kier molecular flexibility index (Phi) is 2.96. The lowest BCUT2D eigenvalue weighted by Crippen LogP contribution is -2.47. The number of halogens is 3. The summed E-state index contributed by atoms with van der Waals surface area (Å²) in [5.74, 6) is -1.68. The number of amides is 1. The number of alkyl halides is 3. The summed E-state index contributed by atoms with van der Waals surface area (Å²) < 4.78 is 43.2. The molecule has 0 aliphatic carbocycles. The van der Waals surface area contributed by atoms with E-state index in [9.17, 15) is 22.8 Å². The van der Waals surface area contributed by atoms with Crippen molar-refractivity contribution in [3.05, 3.63) is 29.8 Å². The van der Waals surface area contributed by atoms with Crippen LogP contribution in [0.4, 0.5) is 13.2 Å². The molecular formula is C14H12F3NO3. The van der Waals surface area contributed by atoms with E-state index < -0.39 is 17.7 Å². The van der Waals surface area contributed by atoms with E-state index in [1.54, 1.807) is 24.3 Å². The van der Waals surface area contributed by atoms with Crippen molar-refractivity contribution in [1.29, 1.82) is 0 Å². The van der Waals surface area contributed by atoms with Crippen molar-refractivity contribution >= 4 is 11.7 Å². The van der Waals surface area contributed by atoms with Crippen LogP contribution in [0.5, 0.6) is 5.75 Å². The van der Waals surface area contributed by atoms with E-state index in [0.717, 1.165) is 0 Å². The molecule has 4 nitrogen and oxygen atoms in total. The van der Waals surface area contributed by atoms with Crippen LogP contribution in [0.15, 0.2) is 24.3 Å². The zero-order chi connectivity index (χ0) is 15.3. The van der Waals surface area contributed by atoms with Crippen LogP contribution in [0.2, 0.25) is 0 Å². The highest BCUT2D eigenvalue weighted by molar-refractivity contribution is 6.00. The molecule has 0 N–H and O–H groups in total. The lowest BCUT2D eigenvalue weighted by Gasteiger charge is -2.34. The average molecular weight is 299 g/mol. The minimum absolute atomic E-state index is 0.00828. The predicted molar refractivity (Wildman–Crippen MR) is 66.0 cm³/mol. The van der Waals surface area contributed by atoms with Gasteiger partial charge >= 0.3 is 12.1 Å². The van der Waals surface area contributed by atoms with Crippen molar-refractivity contribution < 1.29 is 27.5 Å². The van der Waals surface area contributed by atoms with E-state index in [1.165, 1.54) is 0 Å². The smallest absolute Gasteiger partial charge is 0.471 e. The highest BCUT2D eigenvalue weighted by Gasteiger charge is 2.51. The average Bonchev–Trinajstić information content (AvgIpc) is 2.80. The van der Waals surface area contributed by atoms with Crippen molar-refractivity contribution in [3.63, 3.8) is 0 Å². The molecule has 1 fully saturated rings. The van der Waals surface area contributed by atoms with Crippen LogP contribution >= 0.6 is 0 Å². The van der Waals surface area contributed by atoms with Gasteiger partial charge in [0.25, 0.3) is 0 Å². The molecule has 0 aromatic heterocycles. The molecule has 1 aromatic rings. The second kappa shape index (κ2) is 4.47. The highest BCUT2D eigenvalue weighted by atomic mass is 19.4. The van der Waals surface area contributed by atoms with E-state index in [4.69, 9.17) is 4.74 Å². The second-order valence-corrected chi connectivity index (χ2v) is 5.36. The first-order valence-electron chi connectivity index (χ1n) is 6.48. The van der Waals surface area contributed by atoms with Gasteiger partial charge in [-0.25, -0.2) is 0 Å². The Bertz CT molecular complexity index is 614. The molecule has 1 unspecified atom stereocenters. The zero-order valence-corrected chi connectivity index (χ0v) is 10.9. The Hall–Kier alpha value is -2.05. The summed E-state index contributed by atoms with van der Waals surface area (Å²) in [6.07, 6.45) is -4.69. The first-order chi connectivity index (χ1) is 9.81. The Morgan fingerprint density at radius 2 is 2.00 bits per heavy atom. The Morgan fingerprint density at radius 1 is 1.29 bits per heavy atom. The predicted octanol–water partition coefficient (Wildman–Crippen LogP) is 2.19. The summed E-state index contributed by atoms with van der Waals surface area (Å²) in [7, 11) is 0. The quantitative estimate of drug-likeness (QED) is 0.737. The van der Waals surface area contributed by atoms with Gasteiger partial charge in [-0.15, -0.1) is 0 Å². The Labute approximate surface area is 118 Å². The minimum atomic E-state index is -4.90. The number of para-hydroxylation sites is 1. The van der Waals surface area contributed by atoms with Crippen LogP contribution in [0.25, 0.3) is 0 Å². The van der Waals surface area contributed by atoms with E-state index in [-0.39, 0.29) is 31.7 Å². The van der Waals surface area contributed by atoms with Crippen LogP contribution in [-0.4, -0.2) is 41.5 Å². The van der Waals surface area contributed by atoms with Gasteiger partial charge in [-0.3, -0.25) is 9.59 Å². The van der Waals surface area contributed by atoms with Gasteiger partial charge in [-0.2, -0.15) is 13.2 Å². The van der Waals surface area contributed by atoms with Gasteiger partial charge in [0, 0.05) is 13.0 Å². The number of hydrogen-bond acceptors (Lipinski definition) is 3. The molecule has 1 spiro atoms. The standard InChI is InChI=1S/C14H12F3NO3/c15-14(16,17)12(20)18-6-5-13(8-18)7-10(19)9-3-1-2-4-11(9)21-13/h1-4H,5-8H2. The van der Waals surface area contributed by atoms with Gasteiger partial charge in [0.2, 0.25) is 0 Å². The number of hydrogen-bond donors (Lipinski definition) is 0. The molecule has 1 aromatic carbocycles. The third kappa shape index (κ3) is 2.36. The molecule has 112 valence electrons. The molecule has 1 amide bonds. The van der Waals surface area contributed by atoms with Crippen LogP contribution in [0, 0.1) is 0 Å². The molecule has 21 heavy (non-hydrogen) atoms. The minimum Gasteiger partial charge on any atom is -0.484 e. The van der Waals surface area contributed by atoms with E-state index in [1.807, 2.05) is 0 Å². The molecule has 0 saturated carbocycles. The Morgan fingerprint density at radius 3 is 2.71 bits per heavy atom. The monoisotopic (exact) mass is 299 g/mol. The van der Waals surface area contributed by atoms with Gasteiger partial charge < -0.3 is 9.64 Å². The van der Waals surface area contributed by atoms with Gasteiger partial charge in [-0.1, -0.05) is 12.1 Å². The van der Waals surface area contributed by atoms with Crippen LogP contribution in [-0.2, 0) is 4.79 Å². The number of ketones is 1. The lowest BCUT2D eigenvalue weighted by molar-refractivity contribution is -0.185. The van der Waals surface area contributed by atoms with Gasteiger partial charge in [0.05, 0.1) is 18.5 Å². The zero-order valence-electron chi connectivity index (χ0n) is 10.9. The summed E-state index contributed by atoms with van der Waals surface area (Å²) in [4.78, 5) is 24.1. The van der Waals surface area contributed by atoms with Crippen molar-refractivity contribution in [3.8, 4) is 5.75 Å². The van der Waals surface area contributed by atoms with Gasteiger partial charge in [0.15, 0.2) is 5.78 Å². The number of carbonyl (C=O) groups excluding carboxylic acids is 2. The first-order valence-corrected chi connectivity index (χ1v) is 6.48. The number of rotatable bonds is 0. The number of nitrogens with zero attached hydrogens (tertiary/aromatic N) is 1. The van der Waals surface area contributed by atoms with Crippen molar-refractivity contribution in [2.24, 2.45) is 0 Å². The summed E-state index contributed by atoms with van der Waals surface area (Å²) in [6.45, 7) is -0.279. The molecule has 0 radical (unpaired) electrons. The second-order valence-electron chi connectivity index (χ2n) is 5.36. The van der Waals surface area contributed by atoms with Crippen molar-refractivity contribution in [1.82, 2.24) is 4.90 Å². The number of benzene rings is 1. The van der Waals surface area contributed by atoms with Crippen LogP contribution < -0.4 is 4.74 Å². The van der Waals surface area contributed by atoms with Crippen LogP contribution in [0.1, 0.15) is 23.2 Å². The summed E-state index contributed by atoms with van der Waals surface area (Å²) in [5.41, 5.74) is -0.601. The summed E-state index contributed by atoms with van der Waals surface area (Å²) >= 11 is 0.